The van der Waals surface area contributed by atoms with E-state index in [2.05, 4.69) is 17.1 Å². The van der Waals surface area contributed by atoms with Crippen LogP contribution in [0.2, 0.25) is 0 Å². The molecule has 2 aromatic carbocycles. The Morgan fingerprint density at radius 2 is 1.62 bits per heavy atom. The van der Waals surface area contributed by atoms with Crippen LogP contribution in [-0.2, 0) is 14.1 Å². The van der Waals surface area contributed by atoms with Crippen molar-refractivity contribution in [2.75, 3.05) is 30.4 Å². The zero-order chi connectivity index (χ0) is 23.0. The quantitative estimate of drug-likeness (QED) is 0.636. The molecule has 0 aliphatic carbocycles. The van der Waals surface area contributed by atoms with Crippen molar-refractivity contribution in [3.63, 3.8) is 0 Å². The Kier molecular flexibility index (Phi) is 5.78. The molecule has 8 nitrogen and oxygen atoms in total. The van der Waals surface area contributed by atoms with E-state index in [0.717, 1.165) is 31.6 Å². The number of hydrogen-bond donors (Lipinski definition) is 1. The molecule has 1 N–H and O–H groups in total. The Hall–Kier alpha value is -3.55. The van der Waals surface area contributed by atoms with Crippen molar-refractivity contribution < 1.29 is 9.53 Å². The Morgan fingerprint density at radius 3 is 2.25 bits per heavy atom. The van der Waals surface area contributed by atoms with Gasteiger partial charge in [0.2, 0.25) is 0 Å². The van der Waals surface area contributed by atoms with Crippen LogP contribution in [0.1, 0.15) is 30.1 Å². The fraction of sp³-hybridized carbons (Fsp3) is 0.375. The number of aromatic nitrogens is 2. The van der Waals surface area contributed by atoms with Crippen LogP contribution in [0.3, 0.4) is 0 Å². The van der Waals surface area contributed by atoms with Gasteiger partial charge in [-0.15, -0.1) is 0 Å². The summed E-state index contributed by atoms with van der Waals surface area (Å²) in [5.41, 5.74) is 1.95. The molecule has 1 aliphatic heterocycles. The zero-order valence-electron chi connectivity index (χ0n) is 18.8. The van der Waals surface area contributed by atoms with Crippen molar-refractivity contribution in [3.05, 3.63) is 62.7 Å². The van der Waals surface area contributed by atoms with Crippen LogP contribution in [0.5, 0.6) is 5.75 Å². The van der Waals surface area contributed by atoms with E-state index >= 15 is 0 Å². The molecule has 4 rings (SSSR count). The maximum atomic E-state index is 13.1. The van der Waals surface area contributed by atoms with E-state index in [9.17, 15) is 14.4 Å². The van der Waals surface area contributed by atoms with Crippen LogP contribution in [0.4, 0.5) is 11.4 Å². The first-order valence-corrected chi connectivity index (χ1v) is 10.7. The summed E-state index contributed by atoms with van der Waals surface area (Å²) in [5, 5.41) is 3.02. The fourth-order valence-corrected chi connectivity index (χ4v) is 4.18. The van der Waals surface area contributed by atoms with Gasteiger partial charge in [0.15, 0.2) is 0 Å². The van der Waals surface area contributed by atoms with Gasteiger partial charge < -0.3 is 24.1 Å². The van der Waals surface area contributed by atoms with Gasteiger partial charge in [0, 0.05) is 32.7 Å². The molecule has 1 aromatic heterocycles. The van der Waals surface area contributed by atoms with Gasteiger partial charge in [-0.3, -0.25) is 14.4 Å². The van der Waals surface area contributed by atoms with Crippen molar-refractivity contribution in [2.45, 2.75) is 19.8 Å². The van der Waals surface area contributed by atoms with Crippen molar-refractivity contribution in [2.24, 2.45) is 20.0 Å². The van der Waals surface area contributed by atoms with E-state index in [0.29, 0.717) is 34.0 Å². The van der Waals surface area contributed by atoms with Crippen molar-refractivity contribution in [3.8, 4) is 5.75 Å². The molecule has 0 bridgehead atoms. The highest BCUT2D eigenvalue weighted by molar-refractivity contribution is 6.07. The summed E-state index contributed by atoms with van der Waals surface area (Å²) in [5.74, 6) is 0.968. The number of benzene rings is 2. The van der Waals surface area contributed by atoms with Gasteiger partial charge in [0.05, 0.1) is 29.5 Å². The number of amides is 1. The van der Waals surface area contributed by atoms with E-state index in [4.69, 9.17) is 4.74 Å². The highest BCUT2D eigenvalue weighted by Gasteiger charge is 2.22. The molecule has 3 aromatic rings. The number of fused-ring (bicyclic) bond motifs is 1. The van der Waals surface area contributed by atoms with Gasteiger partial charge in [-0.05, 0) is 49.1 Å². The molecule has 0 spiro atoms. The summed E-state index contributed by atoms with van der Waals surface area (Å²) in [4.78, 5) is 40.0. The molecule has 0 saturated carbocycles. The lowest BCUT2D eigenvalue weighted by molar-refractivity contribution is 0.102. The highest BCUT2D eigenvalue weighted by Crippen LogP contribution is 2.33. The fourth-order valence-electron chi connectivity index (χ4n) is 4.18. The maximum absolute atomic E-state index is 13.1. The van der Waals surface area contributed by atoms with Crippen LogP contribution >= 0.6 is 0 Å². The predicted molar refractivity (Wildman–Crippen MR) is 126 cm³/mol. The van der Waals surface area contributed by atoms with E-state index < -0.39 is 11.1 Å². The Labute approximate surface area is 186 Å². The Bertz CT molecular complexity index is 1300. The van der Waals surface area contributed by atoms with E-state index in [1.54, 1.807) is 51.5 Å². The first-order chi connectivity index (χ1) is 15.3. The zero-order valence-corrected chi connectivity index (χ0v) is 18.8. The van der Waals surface area contributed by atoms with E-state index in [-0.39, 0.29) is 5.91 Å². The number of rotatable bonds is 4. The third-order valence-corrected chi connectivity index (χ3v) is 6.31. The molecule has 1 saturated heterocycles. The van der Waals surface area contributed by atoms with Crippen LogP contribution in [-0.4, -0.2) is 35.2 Å². The molecule has 1 fully saturated rings. The molecule has 1 amide bonds. The number of nitrogens with one attached hydrogen (secondary N) is 1. The second kappa shape index (κ2) is 8.53. The first kappa shape index (κ1) is 21.7. The third-order valence-electron chi connectivity index (χ3n) is 6.31. The molecular formula is C24H28N4O4. The number of nitrogens with zero attached hydrogens (tertiary/aromatic N) is 3. The minimum atomic E-state index is -0.607. The predicted octanol–water partition coefficient (Wildman–Crippen LogP) is 2.73. The van der Waals surface area contributed by atoms with Crippen molar-refractivity contribution >= 4 is 28.3 Å². The number of hydrogen-bond acceptors (Lipinski definition) is 5. The second-order valence-electron chi connectivity index (χ2n) is 8.44. The molecule has 0 unspecified atom stereocenters. The lowest BCUT2D eigenvalue weighted by atomic mass is 9.98. The molecular weight excluding hydrogens is 408 g/mol. The van der Waals surface area contributed by atoms with Crippen LogP contribution in [0.25, 0.3) is 11.0 Å². The molecule has 168 valence electrons. The molecule has 2 heterocycles. The summed E-state index contributed by atoms with van der Waals surface area (Å²) in [7, 11) is 4.73. The number of carbonyl (C=O) groups is 1. The van der Waals surface area contributed by atoms with Gasteiger partial charge in [-0.2, -0.15) is 0 Å². The Balaban J connectivity index is 1.84. The molecule has 0 radical (unpaired) electrons. The standard InChI is InChI=1S/C24H28N4O4/c1-15-8-10-28(11-9-15)19-14-21-20(26(2)23(30)24(31)27(21)3)13-18(19)25-22(29)16-6-5-7-17(12-16)32-4/h5-7,12-15H,8-11H2,1-4H3,(H,25,29). The van der Waals surface area contributed by atoms with Gasteiger partial charge in [-0.1, -0.05) is 13.0 Å². The normalized spacial score (nSPS) is 14.6. The summed E-state index contributed by atoms with van der Waals surface area (Å²) >= 11 is 0. The summed E-state index contributed by atoms with van der Waals surface area (Å²) in [6.07, 6.45) is 2.10. The second-order valence-corrected chi connectivity index (χ2v) is 8.44. The van der Waals surface area contributed by atoms with Crippen LogP contribution in [0.15, 0.2) is 46.0 Å². The van der Waals surface area contributed by atoms with Crippen LogP contribution < -0.4 is 26.1 Å². The molecule has 32 heavy (non-hydrogen) atoms. The number of carbonyl (C=O) groups excluding carboxylic acids is 1. The molecule has 8 heteroatoms. The van der Waals surface area contributed by atoms with E-state index in [1.807, 2.05) is 6.07 Å². The smallest absolute Gasteiger partial charge is 0.316 e. The molecule has 1 aliphatic rings. The topological polar surface area (TPSA) is 85.6 Å². The van der Waals surface area contributed by atoms with Crippen LogP contribution in [0, 0.1) is 5.92 Å². The van der Waals surface area contributed by atoms with Crippen molar-refractivity contribution in [1.82, 2.24) is 9.13 Å². The number of aryl methyl sites for hydroxylation is 2. The first-order valence-electron chi connectivity index (χ1n) is 10.7. The van der Waals surface area contributed by atoms with Crippen molar-refractivity contribution in [1.29, 1.82) is 0 Å². The molecule has 0 atom stereocenters. The number of ether oxygens (including phenoxy) is 1. The Morgan fingerprint density at radius 1 is 1.00 bits per heavy atom. The third kappa shape index (κ3) is 3.88. The maximum Gasteiger partial charge on any atom is 0.316 e. The van der Waals surface area contributed by atoms with Gasteiger partial charge >= 0.3 is 11.1 Å². The lowest BCUT2D eigenvalue weighted by Gasteiger charge is -2.34. The monoisotopic (exact) mass is 436 g/mol. The highest BCUT2D eigenvalue weighted by atomic mass is 16.5. The minimum absolute atomic E-state index is 0.273. The summed E-state index contributed by atoms with van der Waals surface area (Å²) < 4.78 is 7.95. The number of anilines is 2. The lowest BCUT2D eigenvalue weighted by Crippen LogP contribution is -2.39. The van der Waals surface area contributed by atoms with Gasteiger partial charge in [0.1, 0.15) is 5.75 Å². The average Bonchev–Trinajstić information content (AvgIpc) is 2.81. The van der Waals surface area contributed by atoms with E-state index in [1.165, 1.54) is 9.13 Å². The van der Waals surface area contributed by atoms with Gasteiger partial charge in [-0.25, -0.2) is 0 Å². The number of piperidine rings is 1. The summed E-state index contributed by atoms with van der Waals surface area (Å²) in [6.45, 7) is 3.95. The largest absolute Gasteiger partial charge is 0.497 e. The summed E-state index contributed by atoms with van der Waals surface area (Å²) in [6, 6.07) is 10.6. The minimum Gasteiger partial charge on any atom is -0.497 e. The average molecular weight is 437 g/mol. The van der Waals surface area contributed by atoms with Gasteiger partial charge in [0.25, 0.3) is 5.91 Å². The number of methoxy groups -OCH3 is 1. The SMILES string of the molecule is COc1cccc(C(=O)Nc2cc3c(cc2N2CCC(C)CC2)n(C)c(=O)c(=O)n3C)c1.